The van der Waals surface area contributed by atoms with Crippen LogP contribution in [0, 0.1) is 0 Å². The SMILES string of the molecule is CN1CCC(Sc2ccc(CCC(F)(F)F)cc2)CC1. The van der Waals surface area contributed by atoms with Crippen molar-refractivity contribution >= 4 is 11.8 Å². The third-order valence-corrected chi connectivity index (χ3v) is 4.94. The predicted molar refractivity (Wildman–Crippen MR) is 77.2 cm³/mol. The summed E-state index contributed by atoms with van der Waals surface area (Å²) >= 11 is 1.85. The Morgan fingerprint density at radius 1 is 1.15 bits per heavy atom. The van der Waals surface area contributed by atoms with Gasteiger partial charge < -0.3 is 4.90 Å². The second-order valence-corrected chi connectivity index (χ2v) is 6.75. The van der Waals surface area contributed by atoms with Gasteiger partial charge in [0.15, 0.2) is 0 Å². The second kappa shape index (κ2) is 6.85. The van der Waals surface area contributed by atoms with Crippen LogP contribution in [0.3, 0.4) is 0 Å². The molecule has 1 aromatic carbocycles. The Morgan fingerprint density at radius 2 is 1.75 bits per heavy atom. The van der Waals surface area contributed by atoms with E-state index in [1.54, 1.807) is 0 Å². The summed E-state index contributed by atoms with van der Waals surface area (Å²) in [6.45, 7) is 2.25. The van der Waals surface area contributed by atoms with Crippen molar-refractivity contribution in [3.8, 4) is 0 Å². The number of nitrogens with zero attached hydrogens (tertiary/aromatic N) is 1. The van der Waals surface area contributed by atoms with Crippen LogP contribution in [-0.2, 0) is 6.42 Å². The van der Waals surface area contributed by atoms with Gasteiger partial charge in [0, 0.05) is 16.6 Å². The Hall–Kier alpha value is -0.680. The Balaban J connectivity index is 1.82. The van der Waals surface area contributed by atoms with Crippen LogP contribution in [0.4, 0.5) is 13.2 Å². The van der Waals surface area contributed by atoms with E-state index in [9.17, 15) is 13.2 Å². The molecule has 1 aliphatic heterocycles. The van der Waals surface area contributed by atoms with Crippen molar-refractivity contribution in [2.24, 2.45) is 0 Å². The summed E-state index contributed by atoms with van der Waals surface area (Å²) in [7, 11) is 2.14. The minimum atomic E-state index is -4.07. The van der Waals surface area contributed by atoms with E-state index in [1.807, 2.05) is 36.0 Å². The first kappa shape index (κ1) is 15.7. The lowest BCUT2D eigenvalue weighted by Crippen LogP contribution is -2.31. The van der Waals surface area contributed by atoms with E-state index in [1.165, 1.54) is 12.8 Å². The monoisotopic (exact) mass is 303 g/mol. The van der Waals surface area contributed by atoms with Gasteiger partial charge in [0.2, 0.25) is 0 Å². The fraction of sp³-hybridized carbons (Fsp3) is 0.600. The average Bonchev–Trinajstić information content (AvgIpc) is 2.40. The lowest BCUT2D eigenvalue weighted by atomic mass is 10.1. The molecule has 0 aliphatic carbocycles. The quantitative estimate of drug-likeness (QED) is 0.812. The highest BCUT2D eigenvalue weighted by Gasteiger charge is 2.26. The summed E-state index contributed by atoms with van der Waals surface area (Å²) in [6, 6.07) is 7.55. The van der Waals surface area contributed by atoms with Gasteiger partial charge in [-0.2, -0.15) is 13.2 Å². The molecule has 0 unspecified atom stereocenters. The van der Waals surface area contributed by atoms with E-state index in [0.717, 1.165) is 23.5 Å². The van der Waals surface area contributed by atoms with Crippen LogP contribution in [-0.4, -0.2) is 36.5 Å². The van der Waals surface area contributed by atoms with Crippen LogP contribution in [0.15, 0.2) is 29.2 Å². The van der Waals surface area contributed by atoms with Crippen molar-refractivity contribution < 1.29 is 13.2 Å². The fourth-order valence-corrected chi connectivity index (χ4v) is 3.44. The Kier molecular flexibility index (Phi) is 5.38. The first-order chi connectivity index (χ1) is 9.42. The predicted octanol–water partition coefficient (Wildman–Crippen LogP) is 4.37. The standard InChI is InChI=1S/C15H20F3NS/c1-19-10-7-14(8-11-19)20-13-4-2-12(3-5-13)6-9-15(16,17)18/h2-5,14H,6-11H2,1H3. The molecule has 2 rings (SSSR count). The van der Waals surface area contributed by atoms with E-state index in [2.05, 4.69) is 11.9 Å². The normalized spacial score (nSPS) is 18.4. The smallest absolute Gasteiger partial charge is 0.306 e. The Labute approximate surface area is 122 Å². The molecule has 1 nitrogen and oxygen atoms in total. The number of benzene rings is 1. The minimum absolute atomic E-state index is 0.0721. The number of hydrogen-bond donors (Lipinski definition) is 0. The number of alkyl halides is 3. The number of rotatable bonds is 4. The largest absolute Gasteiger partial charge is 0.389 e. The van der Waals surface area contributed by atoms with Crippen molar-refractivity contribution in [2.45, 2.75) is 42.0 Å². The molecule has 1 aliphatic rings. The molecule has 0 spiro atoms. The number of likely N-dealkylation sites (tertiary alicyclic amines) is 1. The van der Waals surface area contributed by atoms with E-state index < -0.39 is 12.6 Å². The highest BCUT2D eigenvalue weighted by atomic mass is 32.2. The van der Waals surface area contributed by atoms with Gasteiger partial charge in [0.25, 0.3) is 0 Å². The van der Waals surface area contributed by atoms with Crippen LogP contribution in [0.2, 0.25) is 0 Å². The molecule has 1 saturated heterocycles. The second-order valence-electron chi connectivity index (χ2n) is 5.38. The maximum atomic E-state index is 12.2. The molecule has 20 heavy (non-hydrogen) atoms. The molecule has 0 atom stereocenters. The average molecular weight is 303 g/mol. The molecule has 1 aromatic rings. The molecule has 0 bridgehead atoms. The number of piperidine rings is 1. The molecule has 1 fully saturated rings. The first-order valence-corrected chi connectivity index (χ1v) is 7.81. The van der Waals surface area contributed by atoms with Crippen LogP contribution in [0.1, 0.15) is 24.8 Å². The summed E-state index contributed by atoms with van der Waals surface area (Å²) < 4.78 is 36.5. The molecule has 0 N–H and O–H groups in total. The van der Waals surface area contributed by atoms with Crippen molar-refractivity contribution in [3.63, 3.8) is 0 Å². The highest BCUT2D eigenvalue weighted by Crippen LogP contribution is 2.30. The lowest BCUT2D eigenvalue weighted by Gasteiger charge is -2.28. The van der Waals surface area contributed by atoms with Crippen molar-refractivity contribution in [1.29, 1.82) is 0 Å². The van der Waals surface area contributed by atoms with Gasteiger partial charge in [-0.25, -0.2) is 0 Å². The van der Waals surface area contributed by atoms with Crippen molar-refractivity contribution in [1.82, 2.24) is 4.90 Å². The van der Waals surface area contributed by atoms with Gasteiger partial charge in [0.05, 0.1) is 0 Å². The van der Waals surface area contributed by atoms with Gasteiger partial charge in [-0.15, -0.1) is 11.8 Å². The zero-order chi connectivity index (χ0) is 14.6. The topological polar surface area (TPSA) is 3.24 Å². The number of hydrogen-bond acceptors (Lipinski definition) is 2. The molecular formula is C15H20F3NS. The number of thioether (sulfide) groups is 1. The third kappa shape index (κ3) is 5.37. The van der Waals surface area contributed by atoms with Crippen LogP contribution in [0.25, 0.3) is 0 Å². The van der Waals surface area contributed by atoms with Crippen LogP contribution >= 0.6 is 11.8 Å². The fourth-order valence-electron chi connectivity index (χ4n) is 2.32. The summed E-state index contributed by atoms with van der Waals surface area (Å²) in [4.78, 5) is 3.49. The lowest BCUT2D eigenvalue weighted by molar-refractivity contribution is -0.133. The molecule has 112 valence electrons. The van der Waals surface area contributed by atoms with Gasteiger partial charge in [-0.3, -0.25) is 0 Å². The number of aryl methyl sites for hydroxylation is 1. The van der Waals surface area contributed by atoms with Gasteiger partial charge in [-0.05, 0) is 57.1 Å². The van der Waals surface area contributed by atoms with E-state index in [4.69, 9.17) is 0 Å². The van der Waals surface area contributed by atoms with Crippen molar-refractivity contribution in [2.75, 3.05) is 20.1 Å². The molecule has 0 radical (unpaired) electrons. The summed E-state index contributed by atoms with van der Waals surface area (Å²) in [5.41, 5.74) is 0.759. The maximum Gasteiger partial charge on any atom is 0.389 e. The zero-order valence-electron chi connectivity index (χ0n) is 11.6. The molecule has 0 saturated carbocycles. The van der Waals surface area contributed by atoms with E-state index in [0.29, 0.717) is 5.25 Å². The molecule has 0 aromatic heterocycles. The van der Waals surface area contributed by atoms with Crippen LogP contribution in [0.5, 0.6) is 0 Å². The maximum absolute atomic E-state index is 12.2. The van der Waals surface area contributed by atoms with Crippen molar-refractivity contribution in [3.05, 3.63) is 29.8 Å². The van der Waals surface area contributed by atoms with Gasteiger partial charge in [-0.1, -0.05) is 12.1 Å². The Morgan fingerprint density at radius 3 is 2.30 bits per heavy atom. The van der Waals surface area contributed by atoms with Gasteiger partial charge in [0.1, 0.15) is 0 Å². The van der Waals surface area contributed by atoms with Gasteiger partial charge >= 0.3 is 6.18 Å². The summed E-state index contributed by atoms with van der Waals surface area (Å²) in [5.74, 6) is 0. The first-order valence-electron chi connectivity index (χ1n) is 6.93. The van der Waals surface area contributed by atoms with E-state index >= 15 is 0 Å². The van der Waals surface area contributed by atoms with E-state index in [-0.39, 0.29) is 6.42 Å². The molecule has 0 amide bonds. The zero-order valence-corrected chi connectivity index (χ0v) is 12.4. The molecule has 5 heteroatoms. The third-order valence-electron chi connectivity index (χ3n) is 3.59. The van der Waals surface area contributed by atoms with Crippen LogP contribution < -0.4 is 0 Å². The molecule has 1 heterocycles. The Bertz CT molecular complexity index is 408. The minimum Gasteiger partial charge on any atom is -0.306 e. The highest BCUT2D eigenvalue weighted by molar-refractivity contribution is 8.00. The summed E-state index contributed by atoms with van der Waals surface area (Å²) in [5, 5.41) is 0.632. The summed E-state index contributed by atoms with van der Waals surface area (Å²) in [6.07, 6.45) is -2.38. The molecular weight excluding hydrogens is 283 g/mol. The number of halogens is 3.